The van der Waals surface area contributed by atoms with E-state index in [1.54, 1.807) is 0 Å². The van der Waals surface area contributed by atoms with Crippen molar-refractivity contribution in [3.63, 3.8) is 0 Å². The smallest absolute Gasteiger partial charge is 0.243 e. The van der Waals surface area contributed by atoms with Crippen LogP contribution in [0.5, 0.6) is 0 Å². The molecule has 5 nitrogen and oxygen atoms in total. The van der Waals surface area contributed by atoms with Gasteiger partial charge >= 0.3 is 0 Å². The first-order chi connectivity index (χ1) is 9.30. The van der Waals surface area contributed by atoms with E-state index in [0.29, 0.717) is 6.07 Å². The molecule has 1 aliphatic carbocycles. The molecule has 0 atom stereocenters. The Labute approximate surface area is 115 Å². The molecular weight excluding hydrogens is 290 g/mol. The van der Waals surface area contributed by atoms with Gasteiger partial charge in [-0.05, 0) is 31.0 Å². The molecule has 1 aliphatic rings. The molecule has 1 saturated carbocycles. The summed E-state index contributed by atoms with van der Waals surface area (Å²) in [5, 5.41) is 2.65. The Morgan fingerprint density at radius 1 is 1.35 bits per heavy atom. The van der Waals surface area contributed by atoms with Crippen LogP contribution in [0.2, 0.25) is 0 Å². The number of halogens is 2. The number of amides is 1. The molecule has 110 valence electrons. The van der Waals surface area contributed by atoms with Gasteiger partial charge in [0.2, 0.25) is 15.9 Å². The molecule has 0 bridgehead atoms. The highest BCUT2D eigenvalue weighted by atomic mass is 32.2. The first-order valence-corrected chi connectivity index (χ1v) is 7.45. The van der Waals surface area contributed by atoms with E-state index < -0.39 is 32.5 Å². The highest BCUT2D eigenvalue weighted by Crippen LogP contribution is 2.19. The van der Waals surface area contributed by atoms with Crippen LogP contribution in [-0.2, 0) is 14.8 Å². The van der Waals surface area contributed by atoms with Crippen molar-refractivity contribution in [1.82, 2.24) is 9.62 Å². The number of nitrogens with one attached hydrogen (secondary N) is 1. The van der Waals surface area contributed by atoms with Crippen LogP contribution in [-0.4, -0.2) is 38.3 Å². The zero-order valence-electron chi connectivity index (χ0n) is 10.8. The molecule has 0 saturated heterocycles. The van der Waals surface area contributed by atoms with Gasteiger partial charge in [-0.25, -0.2) is 17.2 Å². The van der Waals surface area contributed by atoms with Crippen LogP contribution in [0, 0.1) is 11.6 Å². The Balaban J connectivity index is 2.11. The summed E-state index contributed by atoms with van der Waals surface area (Å²) in [6, 6.07) is 2.42. The third kappa shape index (κ3) is 3.31. The number of hydrogen-bond acceptors (Lipinski definition) is 3. The third-order valence-corrected chi connectivity index (χ3v) is 4.71. The fourth-order valence-electron chi connectivity index (χ4n) is 1.61. The summed E-state index contributed by atoms with van der Waals surface area (Å²) < 4.78 is 50.9. The number of hydrogen-bond donors (Lipinski definition) is 1. The second kappa shape index (κ2) is 5.45. The monoisotopic (exact) mass is 304 g/mol. The molecule has 0 unspecified atom stereocenters. The molecule has 1 aromatic rings. The van der Waals surface area contributed by atoms with Gasteiger partial charge in [-0.2, -0.15) is 4.31 Å². The minimum Gasteiger partial charge on any atom is -0.352 e. The summed E-state index contributed by atoms with van der Waals surface area (Å²) >= 11 is 0. The number of nitrogens with zero attached hydrogens (tertiary/aromatic N) is 1. The van der Waals surface area contributed by atoms with Gasteiger partial charge < -0.3 is 5.32 Å². The molecule has 1 aromatic carbocycles. The van der Waals surface area contributed by atoms with Crippen LogP contribution >= 0.6 is 0 Å². The first-order valence-electron chi connectivity index (χ1n) is 6.01. The minimum absolute atomic E-state index is 0.127. The van der Waals surface area contributed by atoms with Crippen LogP contribution in [0.15, 0.2) is 23.1 Å². The van der Waals surface area contributed by atoms with Crippen molar-refractivity contribution in [3.05, 3.63) is 29.8 Å². The number of carbonyl (C=O) groups excluding carboxylic acids is 1. The Kier molecular flexibility index (Phi) is 4.05. The fraction of sp³-hybridized carbons (Fsp3) is 0.417. The van der Waals surface area contributed by atoms with Crippen LogP contribution in [0.25, 0.3) is 0 Å². The lowest BCUT2D eigenvalue weighted by Crippen LogP contribution is -2.39. The average Bonchev–Trinajstić information content (AvgIpc) is 3.16. The second-order valence-corrected chi connectivity index (χ2v) is 6.72. The predicted molar refractivity (Wildman–Crippen MR) is 67.3 cm³/mol. The predicted octanol–water partition coefficient (Wildman–Crippen LogP) is 0.864. The Hall–Kier alpha value is -1.54. The van der Waals surface area contributed by atoms with E-state index in [-0.39, 0.29) is 12.6 Å². The maximum absolute atomic E-state index is 13.1. The molecule has 0 radical (unpaired) electrons. The Bertz CT molecular complexity index is 630. The Morgan fingerprint density at radius 2 is 2.00 bits per heavy atom. The van der Waals surface area contributed by atoms with Crippen molar-refractivity contribution in [2.75, 3.05) is 13.6 Å². The molecule has 1 amide bonds. The zero-order valence-corrected chi connectivity index (χ0v) is 11.6. The number of benzene rings is 1. The average molecular weight is 304 g/mol. The summed E-state index contributed by atoms with van der Waals surface area (Å²) in [6.45, 7) is -0.363. The number of sulfonamides is 1. The van der Waals surface area contributed by atoms with Crippen LogP contribution in [0.3, 0.4) is 0 Å². The molecule has 20 heavy (non-hydrogen) atoms. The van der Waals surface area contributed by atoms with Crippen molar-refractivity contribution in [2.24, 2.45) is 0 Å². The van der Waals surface area contributed by atoms with Crippen molar-refractivity contribution >= 4 is 15.9 Å². The van der Waals surface area contributed by atoms with Crippen LogP contribution in [0.4, 0.5) is 8.78 Å². The first kappa shape index (κ1) is 14.9. The number of likely N-dealkylation sites (N-methyl/N-ethyl adjacent to an activating group) is 1. The van der Waals surface area contributed by atoms with Crippen molar-refractivity contribution in [3.8, 4) is 0 Å². The van der Waals surface area contributed by atoms with Gasteiger partial charge in [0.15, 0.2) is 11.6 Å². The molecule has 8 heteroatoms. The molecular formula is C12H14F2N2O3S. The summed E-state index contributed by atoms with van der Waals surface area (Å²) in [5.41, 5.74) is 0. The van der Waals surface area contributed by atoms with Gasteiger partial charge in [0.1, 0.15) is 0 Å². The highest BCUT2D eigenvalue weighted by molar-refractivity contribution is 7.89. The van der Waals surface area contributed by atoms with E-state index in [4.69, 9.17) is 0 Å². The molecule has 2 rings (SSSR count). The van der Waals surface area contributed by atoms with E-state index in [1.807, 2.05) is 0 Å². The van der Waals surface area contributed by atoms with Gasteiger partial charge in [0, 0.05) is 13.1 Å². The highest BCUT2D eigenvalue weighted by Gasteiger charge is 2.27. The fourth-order valence-corrected chi connectivity index (χ4v) is 2.74. The summed E-state index contributed by atoms with van der Waals surface area (Å²) in [5.74, 6) is -2.79. The largest absolute Gasteiger partial charge is 0.352 e. The van der Waals surface area contributed by atoms with Crippen molar-refractivity contribution in [2.45, 2.75) is 23.8 Å². The lowest BCUT2D eigenvalue weighted by atomic mass is 10.3. The number of carbonyl (C=O) groups is 1. The third-order valence-electron chi connectivity index (χ3n) is 2.91. The van der Waals surface area contributed by atoms with E-state index in [2.05, 4.69) is 5.32 Å². The summed E-state index contributed by atoms with van der Waals surface area (Å²) in [6.07, 6.45) is 1.79. The molecule has 0 spiro atoms. The zero-order chi connectivity index (χ0) is 14.9. The van der Waals surface area contributed by atoms with Crippen LogP contribution < -0.4 is 5.32 Å². The normalized spacial score (nSPS) is 15.4. The van der Waals surface area contributed by atoms with Crippen LogP contribution in [0.1, 0.15) is 12.8 Å². The van der Waals surface area contributed by atoms with Gasteiger partial charge in [0.05, 0.1) is 11.4 Å². The standard InChI is InChI=1S/C12H14F2N2O3S/c1-16(7-12(17)15-8-2-3-8)20(18,19)9-4-5-10(13)11(14)6-9/h4-6,8H,2-3,7H2,1H3,(H,15,17). The Morgan fingerprint density at radius 3 is 2.55 bits per heavy atom. The van der Waals surface area contributed by atoms with Gasteiger partial charge in [-0.3, -0.25) is 4.79 Å². The van der Waals surface area contributed by atoms with E-state index >= 15 is 0 Å². The molecule has 0 aromatic heterocycles. The number of rotatable bonds is 5. The maximum atomic E-state index is 13.1. The molecule has 0 aliphatic heterocycles. The quantitative estimate of drug-likeness (QED) is 0.877. The lowest BCUT2D eigenvalue weighted by Gasteiger charge is -2.16. The van der Waals surface area contributed by atoms with Gasteiger partial charge in [-0.15, -0.1) is 0 Å². The second-order valence-electron chi connectivity index (χ2n) is 4.68. The maximum Gasteiger partial charge on any atom is 0.243 e. The van der Waals surface area contributed by atoms with E-state index in [1.165, 1.54) is 7.05 Å². The molecule has 1 fully saturated rings. The molecule has 0 heterocycles. The van der Waals surface area contributed by atoms with E-state index in [9.17, 15) is 22.0 Å². The lowest BCUT2D eigenvalue weighted by molar-refractivity contribution is -0.121. The summed E-state index contributed by atoms with van der Waals surface area (Å²) in [4.78, 5) is 11.2. The van der Waals surface area contributed by atoms with Crippen molar-refractivity contribution in [1.29, 1.82) is 0 Å². The van der Waals surface area contributed by atoms with Gasteiger partial charge in [-0.1, -0.05) is 0 Å². The SMILES string of the molecule is CN(CC(=O)NC1CC1)S(=O)(=O)c1ccc(F)c(F)c1. The topological polar surface area (TPSA) is 66.5 Å². The van der Waals surface area contributed by atoms with Crippen molar-refractivity contribution < 1.29 is 22.0 Å². The minimum atomic E-state index is -4.02. The summed E-state index contributed by atoms with van der Waals surface area (Å²) in [7, 11) is -2.81. The molecule has 1 N–H and O–H groups in total. The van der Waals surface area contributed by atoms with E-state index in [0.717, 1.165) is 29.3 Å². The van der Waals surface area contributed by atoms with Gasteiger partial charge in [0.25, 0.3) is 0 Å².